The average Bonchev–Trinajstić information content (AvgIpc) is 3.17. The van der Waals surface area contributed by atoms with Crippen molar-refractivity contribution >= 4 is 17.2 Å². The zero-order chi connectivity index (χ0) is 14.5. The van der Waals surface area contributed by atoms with Crippen molar-refractivity contribution in [2.24, 2.45) is 0 Å². The summed E-state index contributed by atoms with van der Waals surface area (Å²) in [5.74, 6) is -0.0697. The smallest absolute Gasteiger partial charge is 0.241 e. The summed E-state index contributed by atoms with van der Waals surface area (Å²) in [6.45, 7) is 0.692. The molecule has 0 fully saturated rings. The van der Waals surface area contributed by atoms with Gasteiger partial charge in [0.1, 0.15) is 12.2 Å². The van der Waals surface area contributed by atoms with Crippen molar-refractivity contribution in [3.05, 3.63) is 59.9 Å². The highest BCUT2D eigenvalue weighted by Crippen LogP contribution is 2.22. The summed E-state index contributed by atoms with van der Waals surface area (Å²) in [5, 5.41) is 9.26. The number of amides is 1. The molecule has 3 aromatic rings. The molecular formula is C15H14N4OS. The fourth-order valence-electron chi connectivity index (χ4n) is 1.91. The van der Waals surface area contributed by atoms with Gasteiger partial charge >= 0.3 is 0 Å². The van der Waals surface area contributed by atoms with Crippen LogP contribution >= 0.6 is 11.3 Å². The van der Waals surface area contributed by atoms with Gasteiger partial charge in [-0.15, -0.1) is 11.3 Å². The van der Waals surface area contributed by atoms with Gasteiger partial charge in [-0.05, 0) is 29.1 Å². The highest BCUT2D eigenvalue weighted by Gasteiger charge is 2.06. The minimum absolute atomic E-state index is 0.0697. The van der Waals surface area contributed by atoms with Crippen LogP contribution in [0.1, 0.15) is 5.56 Å². The van der Waals surface area contributed by atoms with E-state index in [-0.39, 0.29) is 12.5 Å². The Labute approximate surface area is 126 Å². The molecule has 0 aliphatic carbocycles. The number of carbonyl (C=O) groups excluding carboxylic acids is 1. The number of pyridine rings is 1. The number of thiophene rings is 1. The number of aromatic nitrogens is 3. The lowest BCUT2D eigenvalue weighted by atomic mass is 10.3. The van der Waals surface area contributed by atoms with E-state index < -0.39 is 0 Å². The van der Waals surface area contributed by atoms with Crippen LogP contribution in [0.2, 0.25) is 0 Å². The molecule has 0 saturated carbocycles. The molecule has 1 amide bonds. The van der Waals surface area contributed by atoms with Crippen LogP contribution in [0.4, 0.5) is 0 Å². The van der Waals surface area contributed by atoms with Crippen molar-refractivity contribution < 1.29 is 4.79 Å². The minimum atomic E-state index is -0.0697. The van der Waals surface area contributed by atoms with E-state index in [1.54, 1.807) is 28.4 Å². The molecule has 0 aliphatic heterocycles. The molecule has 0 saturated heterocycles. The molecule has 0 aromatic carbocycles. The van der Waals surface area contributed by atoms with Crippen LogP contribution < -0.4 is 5.32 Å². The molecule has 1 N–H and O–H groups in total. The average molecular weight is 298 g/mol. The lowest BCUT2D eigenvalue weighted by molar-refractivity contribution is -0.122. The Kier molecular flexibility index (Phi) is 4.07. The number of hydrogen-bond acceptors (Lipinski definition) is 4. The number of carbonyl (C=O) groups is 1. The van der Waals surface area contributed by atoms with Crippen molar-refractivity contribution in [1.29, 1.82) is 0 Å². The van der Waals surface area contributed by atoms with Crippen LogP contribution in [0.15, 0.2) is 54.3 Å². The predicted molar refractivity (Wildman–Crippen MR) is 81.6 cm³/mol. The molecule has 0 bridgehead atoms. The SMILES string of the molecule is O=C(Cn1ccc(-c2cccs2)n1)NCc1cccnc1. The normalized spacial score (nSPS) is 10.5. The fourth-order valence-corrected chi connectivity index (χ4v) is 2.60. The summed E-state index contributed by atoms with van der Waals surface area (Å²) in [4.78, 5) is 17.0. The van der Waals surface area contributed by atoms with Crippen LogP contribution in [0, 0.1) is 0 Å². The zero-order valence-corrected chi connectivity index (χ0v) is 12.1. The first-order chi connectivity index (χ1) is 10.3. The molecule has 21 heavy (non-hydrogen) atoms. The van der Waals surface area contributed by atoms with E-state index in [1.165, 1.54) is 0 Å². The molecule has 3 heterocycles. The van der Waals surface area contributed by atoms with Gasteiger partial charge in [-0.2, -0.15) is 5.10 Å². The van der Waals surface area contributed by atoms with Gasteiger partial charge < -0.3 is 5.32 Å². The first kappa shape index (κ1) is 13.5. The van der Waals surface area contributed by atoms with E-state index in [4.69, 9.17) is 0 Å². The largest absolute Gasteiger partial charge is 0.350 e. The number of rotatable bonds is 5. The fraction of sp³-hybridized carbons (Fsp3) is 0.133. The Morgan fingerprint density at radius 2 is 2.24 bits per heavy atom. The van der Waals surface area contributed by atoms with Gasteiger partial charge in [-0.1, -0.05) is 12.1 Å². The molecule has 0 aliphatic rings. The van der Waals surface area contributed by atoms with Crippen molar-refractivity contribution in [2.75, 3.05) is 0 Å². The predicted octanol–water partition coefficient (Wildman–Crippen LogP) is 2.32. The van der Waals surface area contributed by atoms with Gasteiger partial charge in [0.25, 0.3) is 0 Å². The van der Waals surface area contributed by atoms with Crippen molar-refractivity contribution in [3.8, 4) is 10.6 Å². The molecule has 6 heteroatoms. The second kappa shape index (κ2) is 6.32. The third kappa shape index (κ3) is 3.55. The Balaban J connectivity index is 1.55. The second-order valence-corrected chi connectivity index (χ2v) is 5.46. The third-order valence-electron chi connectivity index (χ3n) is 2.93. The van der Waals surface area contributed by atoms with Crippen LogP contribution in [0.3, 0.4) is 0 Å². The van der Waals surface area contributed by atoms with Crippen LogP contribution in [0.5, 0.6) is 0 Å². The molecule has 106 valence electrons. The van der Waals surface area contributed by atoms with Gasteiger partial charge in [0.15, 0.2) is 0 Å². The number of nitrogens with one attached hydrogen (secondary N) is 1. The van der Waals surface area contributed by atoms with Crippen LogP contribution in [-0.4, -0.2) is 20.7 Å². The molecule has 0 atom stereocenters. The molecule has 0 spiro atoms. The minimum Gasteiger partial charge on any atom is -0.350 e. The summed E-state index contributed by atoms with van der Waals surface area (Å²) < 4.78 is 1.65. The first-order valence-electron chi connectivity index (χ1n) is 6.54. The summed E-state index contributed by atoms with van der Waals surface area (Å²) in [6.07, 6.45) is 5.27. The standard InChI is InChI=1S/C15H14N4OS/c20-15(17-10-12-3-1-6-16-9-12)11-19-7-5-13(18-19)14-4-2-8-21-14/h1-9H,10-11H2,(H,17,20). The van der Waals surface area contributed by atoms with Gasteiger partial charge in [-0.3, -0.25) is 14.5 Å². The Bertz CT molecular complexity index is 706. The van der Waals surface area contributed by atoms with Gasteiger partial charge in [0.05, 0.1) is 4.88 Å². The lowest BCUT2D eigenvalue weighted by Gasteiger charge is -2.05. The third-order valence-corrected chi connectivity index (χ3v) is 3.82. The zero-order valence-electron chi connectivity index (χ0n) is 11.3. The highest BCUT2D eigenvalue weighted by atomic mass is 32.1. The first-order valence-corrected chi connectivity index (χ1v) is 7.42. The van der Waals surface area contributed by atoms with E-state index in [0.717, 1.165) is 16.1 Å². The Morgan fingerprint density at radius 3 is 3.00 bits per heavy atom. The van der Waals surface area contributed by atoms with Gasteiger partial charge in [-0.25, -0.2) is 0 Å². The monoisotopic (exact) mass is 298 g/mol. The Hall–Kier alpha value is -2.47. The van der Waals surface area contributed by atoms with Crippen molar-refractivity contribution in [3.63, 3.8) is 0 Å². The van der Waals surface area contributed by atoms with E-state index >= 15 is 0 Å². The molecule has 5 nitrogen and oxygen atoms in total. The molecule has 3 aromatic heterocycles. The second-order valence-electron chi connectivity index (χ2n) is 4.51. The maximum absolute atomic E-state index is 11.9. The number of nitrogens with zero attached hydrogens (tertiary/aromatic N) is 3. The van der Waals surface area contributed by atoms with E-state index in [9.17, 15) is 4.79 Å². The molecule has 0 unspecified atom stereocenters. The lowest BCUT2D eigenvalue weighted by Crippen LogP contribution is -2.27. The van der Waals surface area contributed by atoms with E-state index in [2.05, 4.69) is 15.4 Å². The summed E-state index contributed by atoms with van der Waals surface area (Å²) in [6, 6.07) is 9.69. The maximum Gasteiger partial charge on any atom is 0.241 e. The summed E-state index contributed by atoms with van der Waals surface area (Å²) in [7, 11) is 0. The topological polar surface area (TPSA) is 59.8 Å². The van der Waals surface area contributed by atoms with Gasteiger partial charge in [0.2, 0.25) is 5.91 Å². The van der Waals surface area contributed by atoms with Crippen LogP contribution in [-0.2, 0) is 17.9 Å². The Morgan fingerprint density at radius 1 is 1.29 bits per heavy atom. The summed E-state index contributed by atoms with van der Waals surface area (Å²) >= 11 is 1.63. The molecule has 3 rings (SSSR count). The van der Waals surface area contributed by atoms with E-state index in [1.807, 2.05) is 41.9 Å². The summed E-state index contributed by atoms with van der Waals surface area (Å²) in [5.41, 5.74) is 1.87. The molecule has 0 radical (unpaired) electrons. The van der Waals surface area contributed by atoms with Crippen LogP contribution in [0.25, 0.3) is 10.6 Å². The number of hydrogen-bond donors (Lipinski definition) is 1. The van der Waals surface area contributed by atoms with E-state index in [0.29, 0.717) is 6.54 Å². The molecular weight excluding hydrogens is 284 g/mol. The maximum atomic E-state index is 11.9. The quantitative estimate of drug-likeness (QED) is 0.786. The highest BCUT2D eigenvalue weighted by molar-refractivity contribution is 7.13. The van der Waals surface area contributed by atoms with Gasteiger partial charge in [0, 0.05) is 25.1 Å². The van der Waals surface area contributed by atoms with Crippen molar-refractivity contribution in [1.82, 2.24) is 20.1 Å². The van der Waals surface area contributed by atoms with Crippen molar-refractivity contribution in [2.45, 2.75) is 13.1 Å².